The van der Waals surface area contributed by atoms with E-state index in [1.165, 1.54) is 32.0 Å². The first-order chi connectivity index (χ1) is 14.5. The minimum Gasteiger partial charge on any atom is -0.355 e. The van der Waals surface area contributed by atoms with E-state index in [-0.39, 0.29) is 17.2 Å². The van der Waals surface area contributed by atoms with E-state index in [4.69, 9.17) is 0 Å². The van der Waals surface area contributed by atoms with Gasteiger partial charge in [-0.15, -0.1) is 10.2 Å². The molecule has 30 heavy (non-hydrogen) atoms. The molecule has 0 radical (unpaired) electrons. The molecule has 1 aliphatic heterocycles. The average molecular weight is 404 g/mol. The van der Waals surface area contributed by atoms with Crippen LogP contribution in [0.3, 0.4) is 0 Å². The van der Waals surface area contributed by atoms with Crippen molar-refractivity contribution in [1.29, 1.82) is 0 Å². The van der Waals surface area contributed by atoms with Crippen molar-refractivity contribution in [3.05, 3.63) is 64.6 Å². The zero-order chi connectivity index (χ0) is 21.1. The van der Waals surface area contributed by atoms with Gasteiger partial charge in [0.1, 0.15) is 5.69 Å². The van der Waals surface area contributed by atoms with Gasteiger partial charge in [-0.2, -0.15) is 5.10 Å². The van der Waals surface area contributed by atoms with Crippen LogP contribution < -0.4 is 15.8 Å². The van der Waals surface area contributed by atoms with Gasteiger partial charge in [0.05, 0.1) is 5.69 Å². The fourth-order valence-electron chi connectivity index (χ4n) is 3.43. The number of nitrogens with one attached hydrogen (secondary N) is 1. The Hall–Kier alpha value is -3.55. The number of anilines is 2. The predicted octanol–water partition coefficient (Wildman–Crippen LogP) is 2.73. The van der Waals surface area contributed by atoms with Gasteiger partial charge in [0.15, 0.2) is 5.82 Å². The van der Waals surface area contributed by atoms with Gasteiger partial charge in [0, 0.05) is 37.5 Å². The first kappa shape index (κ1) is 19.8. The first-order valence-corrected chi connectivity index (χ1v) is 10.0. The minimum atomic E-state index is -0.377. The molecule has 4 rings (SSSR count). The van der Waals surface area contributed by atoms with Gasteiger partial charge < -0.3 is 10.2 Å². The lowest BCUT2D eigenvalue weighted by Crippen LogP contribution is -2.33. The molecule has 154 valence electrons. The van der Waals surface area contributed by atoms with Gasteiger partial charge in [0.2, 0.25) is 0 Å². The van der Waals surface area contributed by atoms with Crippen LogP contribution >= 0.6 is 0 Å². The summed E-state index contributed by atoms with van der Waals surface area (Å²) in [5.74, 6) is 1.31. The van der Waals surface area contributed by atoms with Crippen molar-refractivity contribution in [2.75, 3.05) is 23.3 Å². The molecule has 0 bridgehead atoms. The molecule has 1 fully saturated rings. The van der Waals surface area contributed by atoms with Crippen LogP contribution in [0.25, 0.3) is 11.3 Å². The van der Waals surface area contributed by atoms with Crippen LogP contribution in [0.15, 0.2) is 53.3 Å². The van der Waals surface area contributed by atoms with E-state index in [9.17, 15) is 9.59 Å². The number of amides is 1. The van der Waals surface area contributed by atoms with Crippen molar-refractivity contribution in [3.8, 4) is 11.3 Å². The highest BCUT2D eigenvalue weighted by Crippen LogP contribution is 2.24. The van der Waals surface area contributed by atoms with Crippen LogP contribution in [0.1, 0.15) is 30.3 Å². The second-order valence-electron chi connectivity index (χ2n) is 7.66. The molecular formula is C22H24N6O2. The Morgan fingerprint density at radius 3 is 2.37 bits per heavy atom. The lowest BCUT2D eigenvalue weighted by molar-refractivity contribution is 0.102. The smallest absolute Gasteiger partial charge is 0.276 e. The topological polar surface area (TPSA) is 93.0 Å². The molecule has 1 aromatic carbocycles. The number of rotatable bonds is 4. The quantitative estimate of drug-likeness (QED) is 0.719. The van der Waals surface area contributed by atoms with Gasteiger partial charge >= 0.3 is 0 Å². The SMILES string of the molecule is CC1CCN(c2ccc(-c3ccc(NC(=O)c4ccc(=O)n(C)n4)cc3)nn2)CC1. The Morgan fingerprint density at radius 2 is 1.73 bits per heavy atom. The minimum absolute atomic E-state index is 0.176. The van der Waals surface area contributed by atoms with E-state index < -0.39 is 0 Å². The van der Waals surface area contributed by atoms with E-state index in [1.54, 1.807) is 12.1 Å². The fraction of sp³-hybridized carbons (Fsp3) is 0.318. The second-order valence-corrected chi connectivity index (χ2v) is 7.66. The van der Waals surface area contributed by atoms with E-state index in [1.807, 2.05) is 24.3 Å². The molecule has 0 atom stereocenters. The van der Waals surface area contributed by atoms with Crippen LogP contribution in [0.4, 0.5) is 11.5 Å². The molecule has 1 saturated heterocycles. The lowest BCUT2D eigenvalue weighted by atomic mass is 9.99. The monoisotopic (exact) mass is 404 g/mol. The molecular weight excluding hydrogens is 380 g/mol. The Bertz CT molecular complexity index is 1080. The van der Waals surface area contributed by atoms with Crippen molar-refractivity contribution in [2.24, 2.45) is 13.0 Å². The summed E-state index contributed by atoms with van der Waals surface area (Å²) in [6.45, 7) is 4.33. The van der Waals surface area contributed by atoms with E-state index >= 15 is 0 Å². The van der Waals surface area contributed by atoms with Crippen molar-refractivity contribution < 1.29 is 4.79 Å². The fourth-order valence-corrected chi connectivity index (χ4v) is 3.43. The molecule has 0 aliphatic carbocycles. The van der Waals surface area contributed by atoms with Crippen LogP contribution in [-0.2, 0) is 7.05 Å². The van der Waals surface area contributed by atoms with Crippen molar-refractivity contribution in [1.82, 2.24) is 20.0 Å². The summed E-state index contributed by atoms with van der Waals surface area (Å²) in [6.07, 6.45) is 2.37. The molecule has 8 nitrogen and oxygen atoms in total. The van der Waals surface area contributed by atoms with E-state index in [0.717, 1.165) is 40.8 Å². The number of aromatic nitrogens is 4. The summed E-state index contributed by atoms with van der Waals surface area (Å²) in [6, 6.07) is 14.1. The highest BCUT2D eigenvalue weighted by atomic mass is 16.2. The molecule has 1 N–H and O–H groups in total. The van der Waals surface area contributed by atoms with E-state index in [0.29, 0.717) is 5.69 Å². The maximum Gasteiger partial charge on any atom is 0.276 e. The van der Waals surface area contributed by atoms with Gasteiger partial charge in [-0.25, -0.2) is 4.68 Å². The summed E-state index contributed by atoms with van der Waals surface area (Å²) in [4.78, 5) is 26.0. The molecule has 3 heterocycles. The zero-order valence-corrected chi connectivity index (χ0v) is 17.1. The largest absolute Gasteiger partial charge is 0.355 e. The first-order valence-electron chi connectivity index (χ1n) is 10.0. The standard InChI is InChI=1S/C22H24N6O2/c1-15-11-13-28(14-12-15)20-9-7-18(24-25-20)16-3-5-17(6-4-16)23-22(30)19-8-10-21(29)27(2)26-19/h3-10,15H,11-14H2,1-2H3,(H,23,30). The van der Waals surface area contributed by atoms with Crippen molar-refractivity contribution in [2.45, 2.75) is 19.8 Å². The van der Waals surface area contributed by atoms with E-state index in [2.05, 4.69) is 32.4 Å². The Labute approximate surface area is 174 Å². The molecule has 2 aromatic heterocycles. The third-order valence-electron chi connectivity index (χ3n) is 5.39. The molecule has 8 heteroatoms. The van der Waals surface area contributed by atoms with Crippen LogP contribution in [0.5, 0.6) is 0 Å². The molecule has 1 aliphatic rings. The van der Waals surface area contributed by atoms with Gasteiger partial charge in [0.25, 0.3) is 11.5 Å². The Kier molecular flexibility index (Phi) is 5.56. The molecule has 3 aromatic rings. The number of hydrogen-bond acceptors (Lipinski definition) is 6. The summed E-state index contributed by atoms with van der Waals surface area (Å²) in [5, 5.41) is 15.5. The maximum atomic E-state index is 12.3. The molecule has 0 saturated carbocycles. The summed E-state index contributed by atoms with van der Waals surface area (Å²) >= 11 is 0. The molecule has 0 unspecified atom stereocenters. The van der Waals surface area contributed by atoms with Crippen molar-refractivity contribution in [3.63, 3.8) is 0 Å². The van der Waals surface area contributed by atoms with Crippen LogP contribution in [0.2, 0.25) is 0 Å². The number of carbonyl (C=O) groups excluding carboxylic acids is 1. The van der Waals surface area contributed by atoms with Crippen molar-refractivity contribution >= 4 is 17.4 Å². The highest BCUT2D eigenvalue weighted by molar-refractivity contribution is 6.02. The third-order valence-corrected chi connectivity index (χ3v) is 5.39. The number of benzene rings is 1. The lowest BCUT2D eigenvalue weighted by Gasteiger charge is -2.30. The summed E-state index contributed by atoms with van der Waals surface area (Å²) < 4.78 is 1.13. The predicted molar refractivity (Wildman–Crippen MR) is 116 cm³/mol. The second kappa shape index (κ2) is 8.44. The highest BCUT2D eigenvalue weighted by Gasteiger charge is 2.17. The third kappa shape index (κ3) is 4.37. The number of carbonyl (C=O) groups is 1. The zero-order valence-electron chi connectivity index (χ0n) is 17.1. The van der Waals surface area contributed by atoms with Gasteiger partial charge in [-0.3, -0.25) is 9.59 Å². The van der Waals surface area contributed by atoms with Gasteiger partial charge in [-0.1, -0.05) is 19.1 Å². The molecule has 1 amide bonds. The molecule has 0 spiro atoms. The van der Waals surface area contributed by atoms with Gasteiger partial charge in [-0.05, 0) is 49.1 Å². The average Bonchev–Trinajstić information content (AvgIpc) is 2.77. The summed E-state index contributed by atoms with van der Waals surface area (Å²) in [5.41, 5.74) is 2.24. The number of piperidine rings is 1. The number of nitrogens with zero attached hydrogens (tertiary/aromatic N) is 5. The Morgan fingerprint density at radius 1 is 1.00 bits per heavy atom. The normalized spacial score (nSPS) is 14.5. The maximum absolute atomic E-state index is 12.3. The summed E-state index contributed by atoms with van der Waals surface area (Å²) in [7, 11) is 1.51. The number of aryl methyl sites for hydroxylation is 1. The number of hydrogen-bond donors (Lipinski definition) is 1. The Balaban J connectivity index is 1.42. The van der Waals surface area contributed by atoms with Crippen LogP contribution in [0, 0.1) is 5.92 Å². The van der Waals surface area contributed by atoms with Crippen LogP contribution in [-0.4, -0.2) is 39.0 Å².